The number of carbonyl (C=O) groups excluding carboxylic acids is 1. The summed E-state index contributed by atoms with van der Waals surface area (Å²) in [4.78, 5) is 25.6. The van der Waals surface area contributed by atoms with Crippen LogP contribution in [0.15, 0.2) is 54.7 Å². The fourth-order valence-corrected chi connectivity index (χ4v) is 3.23. The van der Waals surface area contributed by atoms with Crippen molar-refractivity contribution in [1.29, 1.82) is 0 Å². The van der Waals surface area contributed by atoms with E-state index in [1.165, 1.54) is 0 Å². The summed E-state index contributed by atoms with van der Waals surface area (Å²) < 4.78 is 5.63. The molecule has 1 amide bonds. The van der Waals surface area contributed by atoms with E-state index in [1.54, 1.807) is 6.20 Å². The van der Waals surface area contributed by atoms with E-state index < -0.39 is 0 Å². The molecule has 0 aliphatic carbocycles. The molecule has 0 unspecified atom stereocenters. The zero-order valence-corrected chi connectivity index (χ0v) is 15.3. The lowest BCUT2D eigenvalue weighted by Gasteiger charge is -2.35. The molecule has 1 saturated heterocycles. The van der Waals surface area contributed by atoms with E-state index in [0.717, 1.165) is 41.3 Å². The van der Waals surface area contributed by atoms with Crippen molar-refractivity contribution in [3.63, 3.8) is 0 Å². The predicted octanol–water partition coefficient (Wildman–Crippen LogP) is 2.67. The number of amides is 1. The molecule has 1 aliphatic heterocycles. The lowest BCUT2D eigenvalue weighted by atomic mass is 10.2. The first-order valence-corrected chi connectivity index (χ1v) is 9.13. The van der Waals surface area contributed by atoms with E-state index in [4.69, 9.17) is 4.74 Å². The van der Waals surface area contributed by atoms with Crippen LogP contribution in [-0.2, 0) is 4.79 Å². The summed E-state index contributed by atoms with van der Waals surface area (Å²) in [5.74, 6) is 1.60. The third-order valence-corrected chi connectivity index (χ3v) is 4.74. The topological polar surface area (TPSA) is 58.6 Å². The second-order valence-corrected chi connectivity index (χ2v) is 6.69. The zero-order valence-electron chi connectivity index (χ0n) is 15.3. The normalized spacial score (nSPS) is 14.4. The van der Waals surface area contributed by atoms with Crippen molar-refractivity contribution in [1.82, 2.24) is 14.9 Å². The van der Waals surface area contributed by atoms with E-state index in [1.807, 2.05) is 60.4 Å². The van der Waals surface area contributed by atoms with Gasteiger partial charge in [-0.15, -0.1) is 0 Å². The van der Waals surface area contributed by atoms with Gasteiger partial charge < -0.3 is 14.5 Å². The first-order chi connectivity index (χ1) is 13.2. The van der Waals surface area contributed by atoms with Gasteiger partial charge in [-0.25, -0.2) is 4.98 Å². The Morgan fingerprint density at radius 1 is 1.04 bits per heavy atom. The van der Waals surface area contributed by atoms with Gasteiger partial charge in [0.1, 0.15) is 11.6 Å². The molecule has 1 aromatic heterocycles. The van der Waals surface area contributed by atoms with Crippen molar-refractivity contribution in [2.24, 2.45) is 0 Å². The molecule has 0 spiro atoms. The number of hydrogen-bond acceptors (Lipinski definition) is 5. The molecular weight excluding hydrogens is 340 g/mol. The predicted molar refractivity (Wildman–Crippen MR) is 105 cm³/mol. The summed E-state index contributed by atoms with van der Waals surface area (Å²) in [5, 5.41) is 0. The van der Waals surface area contributed by atoms with Crippen LogP contribution in [0.5, 0.6) is 5.75 Å². The summed E-state index contributed by atoms with van der Waals surface area (Å²) in [6.45, 7) is 4.87. The molecule has 6 heteroatoms. The van der Waals surface area contributed by atoms with Gasteiger partial charge >= 0.3 is 0 Å². The summed E-state index contributed by atoms with van der Waals surface area (Å²) in [6.07, 6.45) is 1.81. The van der Waals surface area contributed by atoms with Crippen LogP contribution < -0.4 is 9.64 Å². The number of ether oxygens (including phenoxy) is 1. The van der Waals surface area contributed by atoms with Gasteiger partial charge in [0.2, 0.25) is 0 Å². The van der Waals surface area contributed by atoms with Crippen molar-refractivity contribution in [2.45, 2.75) is 6.92 Å². The summed E-state index contributed by atoms with van der Waals surface area (Å²) in [6, 6.07) is 15.6. The Morgan fingerprint density at radius 2 is 1.81 bits per heavy atom. The monoisotopic (exact) mass is 362 g/mol. The van der Waals surface area contributed by atoms with Crippen LogP contribution in [0.2, 0.25) is 0 Å². The standard InChI is InChI=1S/C21H22N4O2/c1-16-5-4-6-17(13-16)27-15-21(26)25-11-9-24(10-12-25)20-14-22-18-7-2-3-8-19(18)23-20/h2-8,13-14H,9-12,15H2,1H3. The van der Waals surface area contributed by atoms with Crippen molar-refractivity contribution in [3.05, 3.63) is 60.3 Å². The van der Waals surface area contributed by atoms with E-state index in [2.05, 4.69) is 14.9 Å². The molecule has 0 atom stereocenters. The van der Waals surface area contributed by atoms with Gasteiger partial charge in [-0.05, 0) is 36.8 Å². The lowest BCUT2D eigenvalue weighted by molar-refractivity contribution is -0.133. The maximum atomic E-state index is 12.4. The zero-order chi connectivity index (χ0) is 18.6. The Hall–Kier alpha value is -3.15. The first-order valence-electron chi connectivity index (χ1n) is 9.13. The van der Waals surface area contributed by atoms with Gasteiger partial charge in [-0.3, -0.25) is 9.78 Å². The number of benzene rings is 2. The first kappa shape index (κ1) is 17.3. The Bertz CT molecular complexity index is 952. The lowest BCUT2D eigenvalue weighted by Crippen LogP contribution is -2.50. The minimum absolute atomic E-state index is 0.0146. The van der Waals surface area contributed by atoms with Crippen LogP contribution in [0.25, 0.3) is 11.0 Å². The second kappa shape index (κ2) is 7.61. The molecule has 1 aliphatic rings. The Balaban J connectivity index is 1.33. The van der Waals surface area contributed by atoms with Gasteiger partial charge in [0, 0.05) is 26.2 Å². The maximum absolute atomic E-state index is 12.4. The molecule has 3 aromatic rings. The third-order valence-electron chi connectivity index (χ3n) is 4.74. The maximum Gasteiger partial charge on any atom is 0.260 e. The second-order valence-electron chi connectivity index (χ2n) is 6.69. The minimum atomic E-state index is 0.0146. The number of rotatable bonds is 4. The van der Waals surface area contributed by atoms with Gasteiger partial charge in [-0.1, -0.05) is 24.3 Å². The number of aryl methyl sites for hydroxylation is 1. The molecular formula is C21H22N4O2. The van der Waals surface area contributed by atoms with Crippen LogP contribution in [0.4, 0.5) is 5.82 Å². The summed E-state index contributed by atoms with van der Waals surface area (Å²) in [7, 11) is 0. The average molecular weight is 362 g/mol. The van der Waals surface area contributed by atoms with E-state index in [-0.39, 0.29) is 12.5 Å². The number of anilines is 1. The highest BCUT2D eigenvalue weighted by Gasteiger charge is 2.22. The average Bonchev–Trinajstić information content (AvgIpc) is 2.72. The highest BCUT2D eigenvalue weighted by Crippen LogP contribution is 2.17. The van der Waals surface area contributed by atoms with Crippen LogP contribution in [0.3, 0.4) is 0 Å². The molecule has 6 nitrogen and oxygen atoms in total. The number of hydrogen-bond donors (Lipinski definition) is 0. The minimum Gasteiger partial charge on any atom is -0.484 e. The Kier molecular flexibility index (Phi) is 4.87. The Labute approximate surface area is 158 Å². The number of para-hydroxylation sites is 2. The molecule has 0 bridgehead atoms. The molecule has 0 saturated carbocycles. The van der Waals surface area contributed by atoms with Gasteiger partial charge in [0.05, 0.1) is 17.2 Å². The molecule has 2 heterocycles. The molecule has 1 fully saturated rings. The highest BCUT2D eigenvalue weighted by atomic mass is 16.5. The van der Waals surface area contributed by atoms with Crippen LogP contribution in [0.1, 0.15) is 5.56 Å². The van der Waals surface area contributed by atoms with Crippen molar-refractivity contribution < 1.29 is 9.53 Å². The SMILES string of the molecule is Cc1cccc(OCC(=O)N2CCN(c3cnc4ccccc4n3)CC2)c1. The highest BCUT2D eigenvalue weighted by molar-refractivity contribution is 5.78. The third kappa shape index (κ3) is 4.00. The van der Waals surface area contributed by atoms with Crippen molar-refractivity contribution in [2.75, 3.05) is 37.7 Å². The number of nitrogens with zero attached hydrogens (tertiary/aromatic N) is 4. The molecule has 0 radical (unpaired) electrons. The number of carbonyl (C=O) groups is 1. The fourth-order valence-electron chi connectivity index (χ4n) is 3.23. The molecule has 4 rings (SSSR count). The summed E-state index contributed by atoms with van der Waals surface area (Å²) >= 11 is 0. The van der Waals surface area contributed by atoms with E-state index >= 15 is 0 Å². The van der Waals surface area contributed by atoms with Crippen molar-refractivity contribution in [3.8, 4) is 5.75 Å². The van der Waals surface area contributed by atoms with Crippen LogP contribution in [0, 0.1) is 6.92 Å². The molecule has 0 N–H and O–H groups in total. The quantitative estimate of drug-likeness (QED) is 0.714. The Morgan fingerprint density at radius 3 is 2.59 bits per heavy atom. The number of fused-ring (bicyclic) bond motifs is 1. The van der Waals surface area contributed by atoms with Crippen LogP contribution in [-0.4, -0.2) is 53.6 Å². The van der Waals surface area contributed by atoms with E-state index in [0.29, 0.717) is 13.1 Å². The fraction of sp³-hybridized carbons (Fsp3) is 0.286. The summed E-state index contributed by atoms with van der Waals surface area (Å²) in [5.41, 5.74) is 2.90. The number of aromatic nitrogens is 2. The molecule has 2 aromatic carbocycles. The smallest absolute Gasteiger partial charge is 0.260 e. The molecule has 27 heavy (non-hydrogen) atoms. The number of piperazine rings is 1. The van der Waals surface area contributed by atoms with Gasteiger partial charge in [-0.2, -0.15) is 0 Å². The molecule has 138 valence electrons. The van der Waals surface area contributed by atoms with Crippen LogP contribution >= 0.6 is 0 Å². The van der Waals surface area contributed by atoms with Gasteiger partial charge in [0.15, 0.2) is 6.61 Å². The largest absolute Gasteiger partial charge is 0.484 e. The van der Waals surface area contributed by atoms with E-state index in [9.17, 15) is 4.79 Å². The van der Waals surface area contributed by atoms with Crippen molar-refractivity contribution >= 4 is 22.8 Å². The van der Waals surface area contributed by atoms with Gasteiger partial charge in [0.25, 0.3) is 5.91 Å².